The van der Waals surface area contributed by atoms with Crippen LogP contribution in [-0.4, -0.2) is 36.1 Å². The third kappa shape index (κ3) is 2.70. The quantitative estimate of drug-likeness (QED) is 0.723. The Bertz CT molecular complexity index is 217. The Morgan fingerprint density at radius 1 is 1.57 bits per heavy atom. The molecule has 1 unspecified atom stereocenters. The fourth-order valence-corrected chi connectivity index (χ4v) is 2.12. The van der Waals surface area contributed by atoms with Gasteiger partial charge in [0.05, 0.1) is 12.5 Å². The summed E-state index contributed by atoms with van der Waals surface area (Å²) < 4.78 is 0. The molecule has 1 fully saturated rings. The van der Waals surface area contributed by atoms with Crippen molar-refractivity contribution in [1.29, 1.82) is 5.26 Å². The van der Waals surface area contributed by atoms with Gasteiger partial charge in [0.25, 0.3) is 0 Å². The van der Waals surface area contributed by atoms with Crippen LogP contribution in [-0.2, 0) is 0 Å². The zero-order chi connectivity index (χ0) is 10.6. The number of rotatable bonds is 2. The third-order valence-corrected chi connectivity index (χ3v) is 3.19. The van der Waals surface area contributed by atoms with E-state index in [1.165, 1.54) is 0 Å². The van der Waals surface area contributed by atoms with E-state index in [2.05, 4.69) is 37.1 Å². The minimum absolute atomic E-state index is 0.270. The lowest BCUT2D eigenvalue weighted by atomic mass is 9.98. The van der Waals surface area contributed by atoms with Crippen molar-refractivity contribution in [3.8, 4) is 6.07 Å². The molecule has 1 aliphatic rings. The summed E-state index contributed by atoms with van der Waals surface area (Å²) in [6.07, 6.45) is 1.77. The van der Waals surface area contributed by atoms with E-state index in [0.717, 1.165) is 26.1 Å². The molecule has 1 saturated heterocycles. The van der Waals surface area contributed by atoms with Crippen LogP contribution in [0.1, 0.15) is 33.6 Å². The van der Waals surface area contributed by atoms with Crippen LogP contribution in [0.15, 0.2) is 0 Å². The van der Waals surface area contributed by atoms with Crippen LogP contribution in [0.5, 0.6) is 0 Å². The van der Waals surface area contributed by atoms with Gasteiger partial charge in [-0.05, 0) is 33.4 Å². The molecule has 0 aromatic heterocycles. The van der Waals surface area contributed by atoms with Crippen LogP contribution in [0.25, 0.3) is 0 Å². The van der Waals surface area contributed by atoms with Crippen LogP contribution in [0.4, 0.5) is 0 Å². The van der Waals surface area contributed by atoms with E-state index in [1.807, 2.05) is 0 Å². The van der Waals surface area contributed by atoms with Crippen molar-refractivity contribution >= 4 is 0 Å². The molecular weight excluding hydrogens is 174 g/mol. The fourth-order valence-electron chi connectivity index (χ4n) is 2.12. The summed E-state index contributed by atoms with van der Waals surface area (Å²) in [6.45, 7) is 9.85. The zero-order valence-corrected chi connectivity index (χ0v) is 9.51. The maximum atomic E-state index is 8.69. The molecular formula is C11H21N3. The summed E-state index contributed by atoms with van der Waals surface area (Å²) in [7, 11) is 0. The molecule has 0 amide bonds. The van der Waals surface area contributed by atoms with Gasteiger partial charge in [0.1, 0.15) is 0 Å². The van der Waals surface area contributed by atoms with Crippen molar-refractivity contribution in [2.24, 2.45) is 0 Å². The summed E-state index contributed by atoms with van der Waals surface area (Å²) in [5, 5.41) is 12.1. The Morgan fingerprint density at radius 3 is 2.86 bits per heavy atom. The molecule has 80 valence electrons. The lowest BCUT2D eigenvalue weighted by Gasteiger charge is -2.36. The fraction of sp³-hybridized carbons (Fsp3) is 0.909. The molecule has 0 aromatic rings. The second-order valence-corrected chi connectivity index (χ2v) is 4.61. The molecule has 1 rings (SSSR count). The van der Waals surface area contributed by atoms with E-state index in [-0.39, 0.29) is 5.54 Å². The Labute approximate surface area is 87.1 Å². The number of nitriles is 1. The van der Waals surface area contributed by atoms with E-state index >= 15 is 0 Å². The molecule has 0 saturated carbocycles. The van der Waals surface area contributed by atoms with Crippen molar-refractivity contribution in [2.45, 2.75) is 45.2 Å². The smallest absolute Gasteiger partial charge is 0.0638 e. The third-order valence-electron chi connectivity index (χ3n) is 3.19. The molecule has 0 radical (unpaired) electrons. The number of likely N-dealkylation sites (N-methyl/N-ethyl adjacent to an activating group) is 1. The van der Waals surface area contributed by atoms with E-state index in [0.29, 0.717) is 12.5 Å². The minimum atomic E-state index is 0.270. The zero-order valence-electron chi connectivity index (χ0n) is 9.51. The highest BCUT2D eigenvalue weighted by molar-refractivity contribution is 4.91. The number of hydrogen-bond donors (Lipinski definition) is 1. The monoisotopic (exact) mass is 195 g/mol. The molecule has 0 aliphatic carbocycles. The van der Waals surface area contributed by atoms with Gasteiger partial charge in [0.2, 0.25) is 0 Å². The first kappa shape index (κ1) is 11.5. The Kier molecular flexibility index (Phi) is 3.91. The van der Waals surface area contributed by atoms with Gasteiger partial charge in [-0.25, -0.2) is 0 Å². The van der Waals surface area contributed by atoms with Crippen LogP contribution >= 0.6 is 0 Å². The first-order chi connectivity index (χ1) is 6.60. The SMILES string of the molecule is CCN1CC(CC#N)NCCC1(C)C. The highest BCUT2D eigenvalue weighted by Gasteiger charge is 2.30. The van der Waals surface area contributed by atoms with Crippen molar-refractivity contribution in [3.63, 3.8) is 0 Å². The normalized spacial score (nSPS) is 28.0. The first-order valence-electron chi connectivity index (χ1n) is 5.45. The molecule has 0 bridgehead atoms. The van der Waals surface area contributed by atoms with E-state index < -0.39 is 0 Å². The standard InChI is InChI=1S/C11H21N3/c1-4-14-9-10(5-7-12)13-8-6-11(14,2)3/h10,13H,4-6,8-9H2,1-3H3. The highest BCUT2D eigenvalue weighted by atomic mass is 15.2. The molecule has 14 heavy (non-hydrogen) atoms. The summed E-state index contributed by atoms with van der Waals surface area (Å²) >= 11 is 0. The van der Waals surface area contributed by atoms with Gasteiger partial charge >= 0.3 is 0 Å². The van der Waals surface area contributed by atoms with Gasteiger partial charge in [0.15, 0.2) is 0 Å². The predicted molar refractivity (Wildman–Crippen MR) is 58.0 cm³/mol. The second-order valence-electron chi connectivity index (χ2n) is 4.61. The van der Waals surface area contributed by atoms with Crippen LogP contribution in [0.3, 0.4) is 0 Å². The molecule has 0 aromatic carbocycles. The molecule has 3 heteroatoms. The molecule has 1 heterocycles. The summed E-state index contributed by atoms with van der Waals surface area (Å²) in [6, 6.07) is 2.60. The molecule has 1 atom stereocenters. The van der Waals surface area contributed by atoms with Crippen molar-refractivity contribution in [3.05, 3.63) is 0 Å². The Morgan fingerprint density at radius 2 is 2.29 bits per heavy atom. The molecule has 0 spiro atoms. The van der Waals surface area contributed by atoms with E-state index in [9.17, 15) is 0 Å². The lowest BCUT2D eigenvalue weighted by Crippen LogP contribution is -2.46. The lowest BCUT2D eigenvalue weighted by molar-refractivity contribution is 0.127. The highest BCUT2D eigenvalue weighted by Crippen LogP contribution is 2.21. The van der Waals surface area contributed by atoms with Crippen molar-refractivity contribution in [2.75, 3.05) is 19.6 Å². The van der Waals surface area contributed by atoms with Gasteiger partial charge in [0, 0.05) is 18.1 Å². The van der Waals surface area contributed by atoms with Gasteiger partial charge in [-0.15, -0.1) is 0 Å². The maximum absolute atomic E-state index is 8.69. The van der Waals surface area contributed by atoms with Crippen molar-refractivity contribution < 1.29 is 0 Å². The molecule has 3 nitrogen and oxygen atoms in total. The summed E-state index contributed by atoms with van der Waals surface area (Å²) in [5.74, 6) is 0. The van der Waals surface area contributed by atoms with Gasteiger partial charge in [-0.3, -0.25) is 4.90 Å². The predicted octanol–water partition coefficient (Wildman–Crippen LogP) is 1.36. The number of hydrogen-bond acceptors (Lipinski definition) is 3. The van der Waals surface area contributed by atoms with Gasteiger partial charge in [-0.2, -0.15) is 5.26 Å². The van der Waals surface area contributed by atoms with Crippen LogP contribution < -0.4 is 5.32 Å². The van der Waals surface area contributed by atoms with Crippen molar-refractivity contribution in [1.82, 2.24) is 10.2 Å². The molecule has 1 aliphatic heterocycles. The minimum Gasteiger partial charge on any atom is -0.312 e. The van der Waals surface area contributed by atoms with Crippen LogP contribution in [0, 0.1) is 11.3 Å². The summed E-state index contributed by atoms with van der Waals surface area (Å²) in [5.41, 5.74) is 0.270. The molecule has 1 N–H and O–H groups in total. The number of nitrogens with one attached hydrogen (secondary N) is 1. The second kappa shape index (κ2) is 4.77. The largest absolute Gasteiger partial charge is 0.312 e. The Hall–Kier alpha value is -0.590. The average molecular weight is 195 g/mol. The number of nitrogens with zero attached hydrogens (tertiary/aromatic N) is 2. The van der Waals surface area contributed by atoms with E-state index in [4.69, 9.17) is 5.26 Å². The topological polar surface area (TPSA) is 39.1 Å². The van der Waals surface area contributed by atoms with Gasteiger partial charge in [-0.1, -0.05) is 6.92 Å². The summed E-state index contributed by atoms with van der Waals surface area (Å²) in [4.78, 5) is 2.47. The van der Waals surface area contributed by atoms with E-state index in [1.54, 1.807) is 0 Å². The first-order valence-corrected chi connectivity index (χ1v) is 5.45. The van der Waals surface area contributed by atoms with Crippen LogP contribution in [0.2, 0.25) is 0 Å². The maximum Gasteiger partial charge on any atom is 0.0638 e. The average Bonchev–Trinajstić information content (AvgIpc) is 2.25. The Balaban J connectivity index is 2.63. The van der Waals surface area contributed by atoms with Gasteiger partial charge < -0.3 is 5.32 Å².